The number of aromatic nitrogens is 2. The quantitative estimate of drug-likeness (QED) is 0.794. The highest BCUT2D eigenvalue weighted by atomic mass is 19.1. The van der Waals surface area contributed by atoms with Crippen LogP contribution in [0.4, 0.5) is 4.39 Å². The zero-order valence-electron chi connectivity index (χ0n) is 10.9. The normalized spacial score (nSPS) is 10.5. The summed E-state index contributed by atoms with van der Waals surface area (Å²) in [6, 6.07) is 6.52. The third-order valence-corrected chi connectivity index (χ3v) is 2.76. The first-order valence-corrected chi connectivity index (χ1v) is 6.04. The van der Waals surface area contributed by atoms with Gasteiger partial charge in [-0.15, -0.1) is 0 Å². The van der Waals surface area contributed by atoms with Crippen molar-refractivity contribution >= 4 is 5.97 Å². The topological polar surface area (TPSA) is 44.1 Å². The summed E-state index contributed by atoms with van der Waals surface area (Å²) in [5.41, 5.74) is 0.794. The number of carbonyl (C=O) groups is 1. The van der Waals surface area contributed by atoms with E-state index in [4.69, 9.17) is 4.74 Å². The second-order valence-electron chi connectivity index (χ2n) is 4.14. The lowest BCUT2D eigenvalue weighted by atomic mass is 10.1. The fourth-order valence-electron chi connectivity index (χ4n) is 1.78. The molecule has 1 aromatic carbocycles. The molecule has 4 nitrogen and oxygen atoms in total. The number of imidazole rings is 1. The van der Waals surface area contributed by atoms with Gasteiger partial charge in [-0.3, -0.25) is 0 Å². The van der Waals surface area contributed by atoms with Gasteiger partial charge in [0.2, 0.25) is 0 Å². The molecule has 0 saturated heterocycles. The second-order valence-corrected chi connectivity index (χ2v) is 4.14. The van der Waals surface area contributed by atoms with Gasteiger partial charge >= 0.3 is 5.97 Å². The summed E-state index contributed by atoms with van der Waals surface area (Å²) in [5, 5.41) is 0. The average Bonchev–Trinajstić information content (AvgIpc) is 2.74. The van der Waals surface area contributed by atoms with Gasteiger partial charge in [-0.25, -0.2) is 14.2 Å². The molecule has 0 N–H and O–H groups in total. The molecule has 0 fully saturated rings. The molecule has 2 aromatic rings. The number of rotatable bonds is 4. The molecule has 0 aliphatic rings. The van der Waals surface area contributed by atoms with Crippen LogP contribution in [0.1, 0.15) is 28.8 Å². The molecule has 0 aliphatic carbocycles. The lowest BCUT2D eigenvalue weighted by Gasteiger charge is -2.02. The van der Waals surface area contributed by atoms with Crippen molar-refractivity contribution in [3.63, 3.8) is 0 Å². The molecule has 0 amide bonds. The van der Waals surface area contributed by atoms with Crippen LogP contribution in [0.25, 0.3) is 0 Å². The fourth-order valence-corrected chi connectivity index (χ4v) is 1.78. The number of carbonyl (C=O) groups excluding carboxylic acids is 1. The van der Waals surface area contributed by atoms with Gasteiger partial charge in [-0.05, 0) is 18.6 Å². The molecule has 0 bridgehead atoms. The van der Waals surface area contributed by atoms with E-state index >= 15 is 0 Å². The maximum absolute atomic E-state index is 13.6. The Morgan fingerprint density at radius 3 is 2.84 bits per heavy atom. The van der Waals surface area contributed by atoms with E-state index in [2.05, 4.69) is 4.98 Å². The predicted octanol–water partition coefficient (Wildman–Crippen LogP) is 2.33. The number of esters is 1. The van der Waals surface area contributed by atoms with Crippen LogP contribution in [0.5, 0.6) is 0 Å². The molecule has 0 radical (unpaired) electrons. The van der Waals surface area contributed by atoms with Crippen LogP contribution in [0.3, 0.4) is 0 Å². The lowest BCUT2D eigenvalue weighted by Crippen LogP contribution is -2.05. The average molecular weight is 262 g/mol. The number of nitrogens with zero attached hydrogens (tertiary/aromatic N) is 2. The van der Waals surface area contributed by atoms with Crippen molar-refractivity contribution in [2.45, 2.75) is 13.3 Å². The maximum atomic E-state index is 13.6. The van der Waals surface area contributed by atoms with Crippen molar-refractivity contribution < 1.29 is 13.9 Å². The molecule has 0 saturated carbocycles. The van der Waals surface area contributed by atoms with Crippen molar-refractivity contribution in [1.29, 1.82) is 0 Å². The molecule has 1 aromatic heterocycles. The Morgan fingerprint density at radius 1 is 1.42 bits per heavy atom. The summed E-state index contributed by atoms with van der Waals surface area (Å²) in [4.78, 5) is 15.7. The number of hydrogen-bond acceptors (Lipinski definition) is 3. The van der Waals surface area contributed by atoms with Gasteiger partial charge in [0.15, 0.2) is 5.69 Å². The van der Waals surface area contributed by atoms with Crippen molar-refractivity contribution in [3.05, 3.63) is 53.4 Å². The van der Waals surface area contributed by atoms with E-state index in [9.17, 15) is 9.18 Å². The van der Waals surface area contributed by atoms with Crippen molar-refractivity contribution in [2.24, 2.45) is 7.05 Å². The molecular weight excluding hydrogens is 247 g/mol. The van der Waals surface area contributed by atoms with Crippen molar-refractivity contribution in [2.75, 3.05) is 6.61 Å². The highest BCUT2D eigenvalue weighted by Crippen LogP contribution is 2.13. The Labute approximate surface area is 110 Å². The molecule has 0 aliphatic heterocycles. The monoisotopic (exact) mass is 262 g/mol. The van der Waals surface area contributed by atoms with Crippen molar-refractivity contribution in [1.82, 2.24) is 9.55 Å². The Hall–Kier alpha value is -2.17. The number of halogens is 1. The summed E-state index contributed by atoms with van der Waals surface area (Å²) in [7, 11) is 1.77. The maximum Gasteiger partial charge on any atom is 0.358 e. The van der Waals surface area contributed by atoms with Gasteiger partial charge in [-0.1, -0.05) is 18.2 Å². The molecule has 5 heteroatoms. The van der Waals surface area contributed by atoms with Gasteiger partial charge in [-0.2, -0.15) is 0 Å². The number of benzene rings is 1. The standard InChI is InChI=1S/C14H15FN2O2/c1-3-19-14(18)12-9-17(2)13(16-12)8-10-6-4-5-7-11(10)15/h4-7,9H,3,8H2,1-2H3. The molecular formula is C14H15FN2O2. The molecule has 1 heterocycles. The number of hydrogen-bond donors (Lipinski definition) is 0. The van der Waals surface area contributed by atoms with Gasteiger partial charge < -0.3 is 9.30 Å². The summed E-state index contributed by atoms with van der Waals surface area (Å²) in [5.74, 6) is -0.116. The van der Waals surface area contributed by atoms with Crippen LogP contribution in [-0.4, -0.2) is 22.1 Å². The van der Waals surface area contributed by atoms with E-state index in [1.54, 1.807) is 42.9 Å². The largest absolute Gasteiger partial charge is 0.461 e. The zero-order chi connectivity index (χ0) is 13.8. The second kappa shape index (κ2) is 5.65. The van der Waals surface area contributed by atoms with E-state index in [0.29, 0.717) is 24.4 Å². The first-order valence-electron chi connectivity index (χ1n) is 6.04. The highest BCUT2D eigenvalue weighted by molar-refractivity contribution is 5.87. The van der Waals surface area contributed by atoms with E-state index in [1.807, 2.05) is 0 Å². The molecule has 2 rings (SSSR count). The van der Waals surface area contributed by atoms with Crippen LogP contribution >= 0.6 is 0 Å². The third-order valence-electron chi connectivity index (χ3n) is 2.76. The van der Waals surface area contributed by atoms with Crippen LogP contribution < -0.4 is 0 Å². The zero-order valence-corrected chi connectivity index (χ0v) is 10.9. The fraction of sp³-hybridized carbons (Fsp3) is 0.286. The Bertz CT molecular complexity index is 593. The molecule has 0 unspecified atom stereocenters. The van der Waals surface area contributed by atoms with E-state index in [1.165, 1.54) is 6.07 Å². The molecule has 100 valence electrons. The molecule has 0 spiro atoms. The van der Waals surface area contributed by atoms with Gasteiger partial charge in [0.1, 0.15) is 11.6 Å². The molecule has 0 atom stereocenters. The summed E-state index contributed by atoms with van der Waals surface area (Å²) >= 11 is 0. The first-order chi connectivity index (χ1) is 9.11. The number of aryl methyl sites for hydroxylation is 1. The summed E-state index contributed by atoms with van der Waals surface area (Å²) in [6.07, 6.45) is 1.93. The Balaban J connectivity index is 2.22. The van der Waals surface area contributed by atoms with Crippen LogP contribution in [-0.2, 0) is 18.2 Å². The summed E-state index contributed by atoms with van der Waals surface area (Å²) < 4.78 is 20.2. The Kier molecular flexibility index (Phi) is 3.94. The van der Waals surface area contributed by atoms with E-state index in [0.717, 1.165) is 0 Å². The molecule has 19 heavy (non-hydrogen) atoms. The lowest BCUT2D eigenvalue weighted by molar-refractivity contribution is 0.0520. The predicted molar refractivity (Wildman–Crippen MR) is 68.4 cm³/mol. The van der Waals surface area contributed by atoms with Gasteiger partial charge in [0.25, 0.3) is 0 Å². The summed E-state index contributed by atoms with van der Waals surface area (Å²) in [6.45, 7) is 2.04. The van der Waals surface area contributed by atoms with Gasteiger partial charge in [0, 0.05) is 19.7 Å². The highest BCUT2D eigenvalue weighted by Gasteiger charge is 2.14. The van der Waals surface area contributed by atoms with Crippen LogP contribution in [0.15, 0.2) is 30.5 Å². The van der Waals surface area contributed by atoms with Crippen molar-refractivity contribution in [3.8, 4) is 0 Å². The minimum Gasteiger partial charge on any atom is -0.461 e. The number of ether oxygens (including phenoxy) is 1. The minimum absolute atomic E-state index is 0.246. The van der Waals surface area contributed by atoms with E-state index in [-0.39, 0.29) is 11.5 Å². The van der Waals surface area contributed by atoms with Crippen LogP contribution in [0.2, 0.25) is 0 Å². The smallest absolute Gasteiger partial charge is 0.358 e. The minimum atomic E-state index is -0.460. The van der Waals surface area contributed by atoms with Crippen LogP contribution in [0, 0.1) is 5.82 Å². The SMILES string of the molecule is CCOC(=O)c1cn(C)c(Cc2ccccc2F)n1. The van der Waals surface area contributed by atoms with E-state index < -0.39 is 5.97 Å². The third kappa shape index (κ3) is 2.99. The van der Waals surface area contributed by atoms with Gasteiger partial charge in [0.05, 0.1) is 6.61 Å². The first kappa shape index (κ1) is 13.3. The Morgan fingerprint density at radius 2 is 2.16 bits per heavy atom.